The summed E-state index contributed by atoms with van der Waals surface area (Å²) in [5, 5.41) is 8.92. The number of hydrogen-bond acceptors (Lipinski definition) is 1. The Kier molecular flexibility index (Phi) is 3.35. The Morgan fingerprint density at radius 3 is 2.47 bits per heavy atom. The molecule has 0 saturated carbocycles. The minimum Gasteiger partial charge on any atom is -0.465 e. The zero-order valence-corrected chi connectivity index (χ0v) is 9.61. The molecule has 1 N–H and O–H groups in total. The number of nitrogens with zero attached hydrogens (tertiary/aromatic N) is 1. The van der Waals surface area contributed by atoms with Crippen LogP contribution in [0.15, 0.2) is 18.2 Å². The third kappa shape index (κ3) is 2.49. The molecule has 0 aliphatic heterocycles. The molecule has 0 aromatic heterocycles. The van der Waals surface area contributed by atoms with Crippen LogP contribution in [0.25, 0.3) is 0 Å². The molecule has 0 saturated heterocycles. The van der Waals surface area contributed by atoms with Crippen LogP contribution < -0.4 is 4.90 Å². The van der Waals surface area contributed by atoms with E-state index in [9.17, 15) is 4.79 Å². The molecule has 0 spiro atoms. The van der Waals surface area contributed by atoms with Crippen LogP contribution in [0.2, 0.25) is 0 Å². The lowest BCUT2D eigenvalue weighted by Gasteiger charge is -2.18. The second kappa shape index (κ2) is 4.34. The van der Waals surface area contributed by atoms with Gasteiger partial charge in [0.15, 0.2) is 0 Å². The van der Waals surface area contributed by atoms with E-state index in [1.807, 2.05) is 25.1 Å². The first kappa shape index (κ1) is 11.6. The Morgan fingerprint density at radius 1 is 1.40 bits per heavy atom. The van der Waals surface area contributed by atoms with E-state index in [0.717, 1.165) is 16.8 Å². The minimum absolute atomic E-state index is 0.409. The number of hydrogen-bond donors (Lipinski definition) is 1. The second-order valence-corrected chi connectivity index (χ2v) is 4.04. The Balaban J connectivity index is 3.16. The molecule has 3 heteroatoms. The van der Waals surface area contributed by atoms with Crippen LogP contribution in [0.5, 0.6) is 0 Å². The maximum Gasteiger partial charge on any atom is 0.411 e. The van der Waals surface area contributed by atoms with Crippen molar-refractivity contribution in [3.63, 3.8) is 0 Å². The first-order valence-electron chi connectivity index (χ1n) is 5.00. The fourth-order valence-electron chi connectivity index (χ4n) is 1.45. The van der Waals surface area contributed by atoms with Crippen molar-refractivity contribution in [2.24, 2.45) is 0 Å². The molecule has 0 aliphatic rings. The van der Waals surface area contributed by atoms with E-state index < -0.39 is 6.09 Å². The fourth-order valence-corrected chi connectivity index (χ4v) is 1.45. The molecule has 0 heterocycles. The van der Waals surface area contributed by atoms with Crippen LogP contribution in [0.4, 0.5) is 10.5 Å². The number of benzene rings is 1. The van der Waals surface area contributed by atoms with Gasteiger partial charge in [0, 0.05) is 12.7 Å². The van der Waals surface area contributed by atoms with Crippen LogP contribution in [-0.4, -0.2) is 18.2 Å². The lowest BCUT2D eigenvalue weighted by Crippen LogP contribution is -2.24. The highest BCUT2D eigenvalue weighted by Crippen LogP contribution is 2.24. The molecule has 0 fully saturated rings. The van der Waals surface area contributed by atoms with Gasteiger partial charge in [-0.2, -0.15) is 0 Å². The van der Waals surface area contributed by atoms with Crippen LogP contribution in [0.1, 0.15) is 30.9 Å². The molecule has 0 atom stereocenters. The van der Waals surface area contributed by atoms with Gasteiger partial charge >= 0.3 is 6.09 Å². The van der Waals surface area contributed by atoms with Gasteiger partial charge in [0.1, 0.15) is 0 Å². The van der Waals surface area contributed by atoms with Crippen LogP contribution in [0.3, 0.4) is 0 Å². The number of carboxylic acid groups (broad SMARTS) is 1. The molecule has 1 amide bonds. The van der Waals surface area contributed by atoms with Crippen molar-refractivity contribution in [3.05, 3.63) is 29.3 Å². The van der Waals surface area contributed by atoms with Gasteiger partial charge in [-0.25, -0.2) is 4.79 Å². The molecule has 1 aromatic rings. The summed E-state index contributed by atoms with van der Waals surface area (Å²) in [6, 6.07) is 5.94. The lowest BCUT2D eigenvalue weighted by molar-refractivity contribution is 0.203. The smallest absolute Gasteiger partial charge is 0.411 e. The normalized spacial score (nSPS) is 10.5. The summed E-state index contributed by atoms with van der Waals surface area (Å²) >= 11 is 0. The Labute approximate surface area is 90.3 Å². The number of amides is 1. The molecule has 1 rings (SSSR count). The zero-order valence-electron chi connectivity index (χ0n) is 9.61. The van der Waals surface area contributed by atoms with E-state index in [4.69, 9.17) is 5.11 Å². The predicted octanol–water partition coefficient (Wildman–Crippen LogP) is 3.23. The summed E-state index contributed by atoms with van der Waals surface area (Å²) in [6.07, 6.45) is -0.931. The third-order valence-electron chi connectivity index (χ3n) is 2.55. The maximum atomic E-state index is 10.9. The molecule has 0 unspecified atom stereocenters. The summed E-state index contributed by atoms with van der Waals surface area (Å²) in [4.78, 5) is 12.1. The highest BCUT2D eigenvalue weighted by molar-refractivity contribution is 5.86. The molecular weight excluding hydrogens is 190 g/mol. The fraction of sp³-hybridized carbons (Fsp3) is 0.417. The Morgan fingerprint density at radius 2 is 2.00 bits per heavy atom. The summed E-state index contributed by atoms with van der Waals surface area (Å²) < 4.78 is 0. The number of aryl methyl sites for hydroxylation is 1. The SMILES string of the molecule is Cc1ccc(C(C)C)cc1N(C)C(=O)O. The summed E-state index contributed by atoms with van der Waals surface area (Å²) in [7, 11) is 1.56. The van der Waals surface area contributed by atoms with Crippen molar-refractivity contribution >= 4 is 11.8 Å². The molecule has 3 nitrogen and oxygen atoms in total. The third-order valence-corrected chi connectivity index (χ3v) is 2.55. The molecule has 1 aromatic carbocycles. The number of carbonyl (C=O) groups is 1. The zero-order chi connectivity index (χ0) is 11.6. The van der Waals surface area contributed by atoms with Crippen molar-refractivity contribution in [2.75, 3.05) is 11.9 Å². The highest BCUT2D eigenvalue weighted by atomic mass is 16.4. The van der Waals surface area contributed by atoms with Crippen LogP contribution in [0, 0.1) is 6.92 Å². The van der Waals surface area contributed by atoms with Crippen molar-refractivity contribution in [2.45, 2.75) is 26.7 Å². The van der Waals surface area contributed by atoms with Gasteiger partial charge in [-0.05, 0) is 30.0 Å². The van der Waals surface area contributed by atoms with E-state index in [1.165, 1.54) is 4.90 Å². The van der Waals surface area contributed by atoms with Gasteiger partial charge in [-0.1, -0.05) is 26.0 Å². The lowest BCUT2D eigenvalue weighted by atomic mass is 10.0. The molecule has 0 aliphatic carbocycles. The van der Waals surface area contributed by atoms with Gasteiger partial charge in [0.25, 0.3) is 0 Å². The first-order valence-corrected chi connectivity index (χ1v) is 5.00. The molecule has 0 radical (unpaired) electrons. The van der Waals surface area contributed by atoms with Crippen molar-refractivity contribution in [3.8, 4) is 0 Å². The first-order chi connectivity index (χ1) is 6.93. The Bertz CT molecular complexity index is 372. The van der Waals surface area contributed by atoms with E-state index in [2.05, 4.69) is 13.8 Å². The monoisotopic (exact) mass is 207 g/mol. The quantitative estimate of drug-likeness (QED) is 0.808. The van der Waals surface area contributed by atoms with Crippen molar-refractivity contribution < 1.29 is 9.90 Å². The average Bonchev–Trinajstić information content (AvgIpc) is 2.16. The predicted molar refractivity (Wildman–Crippen MR) is 61.7 cm³/mol. The summed E-state index contributed by atoms with van der Waals surface area (Å²) in [6.45, 7) is 6.10. The van der Waals surface area contributed by atoms with Crippen LogP contribution in [-0.2, 0) is 0 Å². The topological polar surface area (TPSA) is 40.5 Å². The summed E-state index contributed by atoms with van der Waals surface area (Å²) in [5.41, 5.74) is 2.89. The van der Waals surface area contributed by atoms with Gasteiger partial charge < -0.3 is 5.11 Å². The maximum absolute atomic E-state index is 10.9. The van der Waals surface area contributed by atoms with E-state index >= 15 is 0 Å². The standard InChI is InChI=1S/C12H17NO2/c1-8(2)10-6-5-9(3)11(7-10)13(4)12(14)15/h5-8H,1-4H3,(H,14,15). The van der Waals surface area contributed by atoms with Crippen LogP contribution >= 0.6 is 0 Å². The Hall–Kier alpha value is -1.51. The van der Waals surface area contributed by atoms with Gasteiger partial charge in [0.2, 0.25) is 0 Å². The number of anilines is 1. The second-order valence-electron chi connectivity index (χ2n) is 4.04. The van der Waals surface area contributed by atoms with E-state index in [-0.39, 0.29) is 0 Å². The van der Waals surface area contributed by atoms with Gasteiger partial charge in [-0.3, -0.25) is 4.90 Å². The molecule has 15 heavy (non-hydrogen) atoms. The molecule has 82 valence electrons. The average molecular weight is 207 g/mol. The van der Waals surface area contributed by atoms with E-state index in [0.29, 0.717) is 5.92 Å². The molecular formula is C12H17NO2. The van der Waals surface area contributed by atoms with Gasteiger partial charge in [0.05, 0.1) is 0 Å². The summed E-state index contributed by atoms with van der Waals surface area (Å²) in [5.74, 6) is 0.409. The number of rotatable bonds is 2. The van der Waals surface area contributed by atoms with E-state index in [1.54, 1.807) is 7.05 Å². The van der Waals surface area contributed by atoms with Gasteiger partial charge in [-0.15, -0.1) is 0 Å². The molecule has 0 bridgehead atoms. The largest absolute Gasteiger partial charge is 0.465 e. The van der Waals surface area contributed by atoms with Crippen molar-refractivity contribution in [1.82, 2.24) is 0 Å². The van der Waals surface area contributed by atoms with Crippen molar-refractivity contribution in [1.29, 1.82) is 0 Å². The highest BCUT2D eigenvalue weighted by Gasteiger charge is 2.12. The minimum atomic E-state index is -0.931.